The second kappa shape index (κ2) is 10.1. The molecule has 0 aliphatic carbocycles. The van der Waals surface area contributed by atoms with Crippen LogP contribution >= 0.6 is 11.8 Å². The van der Waals surface area contributed by atoms with Crippen molar-refractivity contribution in [3.8, 4) is 11.8 Å². The molecule has 0 aliphatic rings. The van der Waals surface area contributed by atoms with Crippen molar-refractivity contribution < 1.29 is 9.53 Å². The first kappa shape index (κ1) is 21.7. The minimum atomic E-state index is -0.501. The number of carbonyl (C=O) groups is 1. The van der Waals surface area contributed by atoms with Crippen molar-refractivity contribution in [2.75, 3.05) is 5.75 Å². The van der Waals surface area contributed by atoms with E-state index in [2.05, 4.69) is 41.1 Å². The first-order chi connectivity index (χ1) is 14.4. The number of ether oxygens (including phenoxy) is 1. The van der Waals surface area contributed by atoms with Crippen LogP contribution in [-0.4, -0.2) is 22.3 Å². The Morgan fingerprint density at radius 2 is 1.47 bits per heavy atom. The Labute approximate surface area is 182 Å². The van der Waals surface area contributed by atoms with Gasteiger partial charge in [-0.1, -0.05) is 11.8 Å². The summed E-state index contributed by atoms with van der Waals surface area (Å²) < 4.78 is 5.38. The zero-order chi connectivity index (χ0) is 21.4. The van der Waals surface area contributed by atoms with Gasteiger partial charge in [0, 0.05) is 34.2 Å². The van der Waals surface area contributed by atoms with E-state index in [0.29, 0.717) is 5.56 Å². The molecule has 3 aromatic rings. The Hall–Kier alpha value is -3.03. The molecule has 0 amide bonds. The molecule has 30 heavy (non-hydrogen) atoms. The lowest BCUT2D eigenvalue weighted by atomic mass is 10.1. The Morgan fingerprint density at radius 1 is 0.900 bits per heavy atom. The zero-order valence-electron chi connectivity index (χ0n) is 17.5. The molecule has 0 saturated heterocycles. The second-order valence-electron chi connectivity index (χ2n) is 7.81. The van der Waals surface area contributed by atoms with Crippen LogP contribution in [-0.2, 0) is 11.2 Å². The SMILES string of the molecule is CC(C)(C)OC(=O)c1ccc(C#Cc2ccc(SCCc3ccncc3)cc2)cc1. The molecule has 4 heteroatoms. The molecule has 152 valence electrons. The summed E-state index contributed by atoms with van der Waals surface area (Å²) in [5.41, 5.74) is 3.16. The number of rotatable bonds is 5. The summed E-state index contributed by atoms with van der Waals surface area (Å²) in [4.78, 5) is 17.4. The fourth-order valence-corrected chi connectivity index (χ4v) is 3.54. The van der Waals surface area contributed by atoms with E-state index < -0.39 is 5.60 Å². The Kier molecular flexibility index (Phi) is 7.32. The largest absolute Gasteiger partial charge is 0.456 e. The average Bonchev–Trinajstić information content (AvgIpc) is 2.73. The lowest BCUT2D eigenvalue weighted by molar-refractivity contribution is 0.00695. The van der Waals surface area contributed by atoms with Crippen LogP contribution in [0.5, 0.6) is 0 Å². The highest BCUT2D eigenvalue weighted by Gasteiger charge is 2.17. The van der Waals surface area contributed by atoms with E-state index >= 15 is 0 Å². The number of nitrogens with zero attached hydrogens (tertiary/aromatic N) is 1. The monoisotopic (exact) mass is 415 g/mol. The number of carbonyl (C=O) groups excluding carboxylic acids is 1. The molecule has 0 saturated carbocycles. The lowest BCUT2D eigenvalue weighted by Gasteiger charge is -2.19. The number of benzene rings is 2. The zero-order valence-corrected chi connectivity index (χ0v) is 18.3. The molecule has 0 aliphatic heterocycles. The van der Waals surface area contributed by atoms with Crippen molar-refractivity contribution in [3.63, 3.8) is 0 Å². The van der Waals surface area contributed by atoms with Crippen molar-refractivity contribution in [2.45, 2.75) is 37.7 Å². The van der Waals surface area contributed by atoms with Crippen molar-refractivity contribution in [1.29, 1.82) is 0 Å². The van der Waals surface area contributed by atoms with E-state index in [1.165, 1.54) is 10.5 Å². The average molecular weight is 416 g/mol. The summed E-state index contributed by atoms with van der Waals surface area (Å²) in [6.07, 6.45) is 4.69. The van der Waals surface area contributed by atoms with Crippen LogP contribution in [0.25, 0.3) is 0 Å². The van der Waals surface area contributed by atoms with Gasteiger partial charge in [-0.25, -0.2) is 4.79 Å². The molecule has 1 heterocycles. The standard InChI is InChI=1S/C26H25NO2S/c1-26(2,3)29-25(28)23-10-6-20(7-11-23)4-5-21-8-12-24(13-9-21)30-19-16-22-14-17-27-18-15-22/h6-15,17-18H,16,19H2,1-3H3. The number of thioether (sulfide) groups is 1. The van der Waals surface area contributed by atoms with E-state index in [-0.39, 0.29) is 5.97 Å². The summed E-state index contributed by atoms with van der Waals surface area (Å²) in [6, 6.07) is 19.6. The van der Waals surface area contributed by atoms with Gasteiger partial charge in [0.15, 0.2) is 0 Å². The third-order valence-electron chi connectivity index (χ3n) is 4.13. The van der Waals surface area contributed by atoms with Gasteiger partial charge in [-0.2, -0.15) is 0 Å². The minimum Gasteiger partial charge on any atom is -0.456 e. The number of esters is 1. The minimum absolute atomic E-state index is 0.320. The van der Waals surface area contributed by atoms with Gasteiger partial charge in [0.2, 0.25) is 0 Å². The van der Waals surface area contributed by atoms with Crippen LogP contribution in [0, 0.1) is 11.8 Å². The fourth-order valence-electron chi connectivity index (χ4n) is 2.64. The van der Waals surface area contributed by atoms with Crippen LogP contribution in [0.2, 0.25) is 0 Å². The molecular weight excluding hydrogens is 390 g/mol. The molecule has 0 unspecified atom stereocenters. The Morgan fingerprint density at radius 3 is 2.03 bits per heavy atom. The first-order valence-corrected chi connectivity index (χ1v) is 10.8. The van der Waals surface area contributed by atoms with E-state index in [0.717, 1.165) is 23.3 Å². The van der Waals surface area contributed by atoms with Crippen LogP contribution in [0.15, 0.2) is 78.0 Å². The molecule has 0 bridgehead atoms. The van der Waals surface area contributed by atoms with Crippen LogP contribution in [0.4, 0.5) is 0 Å². The van der Waals surface area contributed by atoms with Gasteiger partial charge in [0.25, 0.3) is 0 Å². The molecule has 3 rings (SSSR count). The summed E-state index contributed by atoms with van der Waals surface area (Å²) in [5.74, 6) is 7.03. The van der Waals surface area contributed by atoms with Gasteiger partial charge in [0.05, 0.1) is 5.56 Å². The molecule has 0 fully saturated rings. The van der Waals surface area contributed by atoms with Gasteiger partial charge in [-0.05, 0) is 93.4 Å². The van der Waals surface area contributed by atoms with Crippen molar-refractivity contribution >= 4 is 17.7 Å². The fraction of sp³-hybridized carbons (Fsp3) is 0.231. The van der Waals surface area contributed by atoms with Gasteiger partial charge in [-0.3, -0.25) is 4.98 Å². The van der Waals surface area contributed by atoms with Crippen LogP contribution in [0.1, 0.15) is 47.8 Å². The topological polar surface area (TPSA) is 39.2 Å². The van der Waals surface area contributed by atoms with E-state index in [1.54, 1.807) is 12.1 Å². The highest BCUT2D eigenvalue weighted by Crippen LogP contribution is 2.19. The quantitative estimate of drug-likeness (QED) is 0.301. The number of aryl methyl sites for hydroxylation is 1. The van der Waals surface area contributed by atoms with Crippen molar-refractivity contribution in [3.05, 3.63) is 95.3 Å². The maximum atomic E-state index is 12.1. The number of pyridine rings is 1. The maximum Gasteiger partial charge on any atom is 0.338 e. The van der Waals surface area contributed by atoms with Gasteiger partial charge < -0.3 is 4.74 Å². The molecule has 0 radical (unpaired) electrons. The summed E-state index contributed by atoms with van der Waals surface area (Å²) in [5, 5.41) is 0. The van der Waals surface area contributed by atoms with E-state index in [9.17, 15) is 4.79 Å². The van der Waals surface area contributed by atoms with E-state index in [1.807, 2.05) is 69.2 Å². The maximum absolute atomic E-state index is 12.1. The highest BCUT2D eigenvalue weighted by molar-refractivity contribution is 7.99. The second-order valence-corrected chi connectivity index (χ2v) is 8.98. The number of hydrogen-bond donors (Lipinski definition) is 0. The molecule has 3 nitrogen and oxygen atoms in total. The molecule has 1 aromatic heterocycles. The first-order valence-electron chi connectivity index (χ1n) is 9.86. The molecule has 2 aromatic carbocycles. The summed E-state index contributed by atoms with van der Waals surface area (Å²) in [7, 11) is 0. The molecule has 0 spiro atoms. The van der Waals surface area contributed by atoms with Crippen LogP contribution in [0.3, 0.4) is 0 Å². The van der Waals surface area contributed by atoms with E-state index in [4.69, 9.17) is 4.74 Å². The third kappa shape index (κ3) is 7.09. The molecule has 0 atom stereocenters. The third-order valence-corrected chi connectivity index (χ3v) is 5.15. The molecule has 0 N–H and O–H groups in total. The predicted octanol–water partition coefficient (Wildman–Crippen LogP) is 5.77. The van der Waals surface area contributed by atoms with Crippen molar-refractivity contribution in [2.24, 2.45) is 0 Å². The van der Waals surface area contributed by atoms with Gasteiger partial charge >= 0.3 is 5.97 Å². The van der Waals surface area contributed by atoms with Gasteiger partial charge in [-0.15, -0.1) is 11.8 Å². The highest BCUT2D eigenvalue weighted by atomic mass is 32.2. The summed E-state index contributed by atoms with van der Waals surface area (Å²) >= 11 is 1.83. The smallest absolute Gasteiger partial charge is 0.338 e. The van der Waals surface area contributed by atoms with Crippen LogP contribution < -0.4 is 0 Å². The molecular formula is C26H25NO2S. The summed E-state index contributed by atoms with van der Waals surface area (Å²) in [6.45, 7) is 5.57. The normalized spacial score (nSPS) is 10.8. The Balaban J connectivity index is 1.54. The van der Waals surface area contributed by atoms with Gasteiger partial charge in [0.1, 0.15) is 5.60 Å². The Bertz CT molecular complexity index is 1020. The number of hydrogen-bond acceptors (Lipinski definition) is 4. The number of aromatic nitrogens is 1. The lowest BCUT2D eigenvalue weighted by Crippen LogP contribution is -2.23. The predicted molar refractivity (Wildman–Crippen MR) is 123 cm³/mol. The van der Waals surface area contributed by atoms with Crippen molar-refractivity contribution in [1.82, 2.24) is 4.98 Å².